The highest BCUT2D eigenvalue weighted by molar-refractivity contribution is 6.26. The van der Waals surface area contributed by atoms with Crippen LogP contribution in [0.2, 0.25) is 0 Å². The van der Waals surface area contributed by atoms with Crippen LogP contribution in [0, 0.1) is 0 Å². The minimum absolute atomic E-state index is 0.0789. The van der Waals surface area contributed by atoms with E-state index in [0.29, 0.717) is 11.1 Å². The third kappa shape index (κ3) is 2.44. The number of amides is 2. The van der Waals surface area contributed by atoms with Crippen molar-refractivity contribution in [2.45, 2.75) is 32.4 Å². The standard InChI is InChI=1S/C16H18N4O3/c1-9(2)19-8-10(11-5-3-4-6-13(11)19)7-12-14(17)18-20(15(12)21)16(22)23/h3-5,7-9,13H,6H2,1-2H3,(H2,17,18)(H,22,23). The number of nitrogens with zero attached hydrogens (tertiary/aromatic N) is 3. The van der Waals surface area contributed by atoms with Crippen molar-refractivity contribution >= 4 is 17.8 Å². The zero-order valence-corrected chi connectivity index (χ0v) is 12.9. The van der Waals surface area contributed by atoms with Crippen molar-refractivity contribution in [3.05, 3.63) is 47.2 Å². The average molecular weight is 314 g/mol. The van der Waals surface area contributed by atoms with E-state index in [1.807, 2.05) is 18.4 Å². The van der Waals surface area contributed by atoms with Crippen LogP contribution in [-0.2, 0) is 4.79 Å². The first-order valence-corrected chi connectivity index (χ1v) is 7.40. The molecule has 120 valence electrons. The minimum atomic E-state index is -1.44. The molecule has 3 rings (SSSR count). The first-order chi connectivity index (χ1) is 10.9. The summed E-state index contributed by atoms with van der Waals surface area (Å²) in [5, 5.41) is 12.9. The van der Waals surface area contributed by atoms with Crippen LogP contribution in [0.5, 0.6) is 0 Å². The van der Waals surface area contributed by atoms with Gasteiger partial charge in [-0.25, -0.2) is 4.79 Å². The number of fused-ring (bicyclic) bond motifs is 1. The SMILES string of the molecule is CC(C)N1C=C(C=C2C(=O)N(C(=O)O)N=C2N)C2=CC=CCC21. The van der Waals surface area contributed by atoms with Gasteiger partial charge in [-0.05, 0) is 37.5 Å². The van der Waals surface area contributed by atoms with E-state index in [-0.39, 0.29) is 17.5 Å². The van der Waals surface area contributed by atoms with Crippen LogP contribution in [0.4, 0.5) is 4.79 Å². The van der Waals surface area contributed by atoms with E-state index in [2.05, 4.69) is 29.9 Å². The van der Waals surface area contributed by atoms with Crippen molar-refractivity contribution in [3.63, 3.8) is 0 Å². The number of amidine groups is 1. The molecule has 0 saturated heterocycles. The summed E-state index contributed by atoms with van der Waals surface area (Å²) >= 11 is 0. The third-order valence-corrected chi connectivity index (χ3v) is 4.10. The number of rotatable bonds is 2. The van der Waals surface area contributed by atoms with E-state index in [9.17, 15) is 9.59 Å². The van der Waals surface area contributed by atoms with Crippen molar-refractivity contribution < 1.29 is 14.7 Å². The maximum atomic E-state index is 12.1. The molecule has 0 bridgehead atoms. The fourth-order valence-electron chi connectivity index (χ4n) is 2.99. The van der Waals surface area contributed by atoms with Gasteiger partial charge in [-0.2, -0.15) is 0 Å². The molecule has 2 aliphatic heterocycles. The maximum Gasteiger partial charge on any atom is 0.435 e. The lowest BCUT2D eigenvalue weighted by molar-refractivity contribution is -0.123. The number of carbonyl (C=O) groups is 2. The van der Waals surface area contributed by atoms with Crippen LogP contribution in [0.25, 0.3) is 0 Å². The molecule has 7 heteroatoms. The Morgan fingerprint density at radius 3 is 2.87 bits per heavy atom. The van der Waals surface area contributed by atoms with Crippen LogP contribution in [0.1, 0.15) is 20.3 Å². The van der Waals surface area contributed by atoms with E-state index in [0.717, 1.165) is 17.6 Å². The first-order valence-electron chi connectivity index (χ1n) is 7.40. The molecule has 0 aromatic heterocycles. The predicted molar refractivity (Wildman–Crippen MR) is 85.3 cm³/mol. The molecule has 1 aliphatic carbocycles. The van der Waals surface area contributed by atoms with E-state index >= 15 is 0 Å². The minimum Gasteiger partial charge on any atom is -0.463 e. The fraction of sp³-hybridized carbons (Fsp3) is 0.312. The lowest BCUT2D eigenvalue weighted by Crippen LogP contribution is -2.33. The molecule has 0 saturated carbocycles. The van der Waals surface area contributed by atoms with Crippen molar-refractivity contribution in [1.29, 1.82) is 0 Å². The molecule has 2 heterocycles. The molecular formula is C16H18N4O3. The summed E-state index contributed by atoms with van der Waals surface area (Å²) in [5.74, 6) is -0.799. The zero-order valence-electron chi connectivity index (χ0n) is 12.9. The number of imide groups is 1. The van der Waals surface area contributed by atoms with Crippen LogP contribution in [0.3, 0.4) is 0 Å². The van der Waals surface area contributed by atoms with Crippen LogP contribution in [-0.4, -0.2) is 44.9 Å². The summed E-state index contributed by atoms with van der Waals surface area (Å²) in [6.45, 7) is 4.20. The van der Waals surface area contributed by atoms with Gasteiger partial charge in [0.1, 0.15) is 0 Å². The predicted octanol–water partition coefficient (Wildman–Crippen LogP) is 1.57. The zero-order chi connectivity index (χ0) is 16.7. The Hall–Kier alpha value is -2.83. The van der Waals surface area contributed by atoms with Gasteiger partial charge >= 0.3 is 6.09 Å². The lowest BCUT2D eigenvalue weighted by atomic mass is 9.94. The van der Waals surface area contributed by atoms with Crippen molar-refractivity contribution in [3.8, 4) is 0 Å². The highest BCUT2D eigenvalue weighted by atomic mass is 16.4. The summed E-state index contributed by atoms with van der Waals surface area (Å²) in [6, 6.07) is 0.545. The molecule has 0 radical (unpaired) electrons. The summed E-state index contributed by atoms with van der Waals surface area (Å²) < 4.78 is 0. The summed E-state index contributed by atoms with van der Waals surface area (Å²) in [5.41, 5.74) is 7.79. The Kier molecular flexibility index (Phi) is 3.55. The Morgan fingerprint density at radius 1 is 1.52 bits per heavy atom. The van der Waals surface area contributed by atoms with E-state index < -0.39 is 12.0 Å². The molecule has 0 aromatic rings. The molecule has 3 N–H and O–H groups in total. The molecule has 3 aliphatic rings. The van der Waals surface area contributed by atoms with Crippen LogP contribution >= 0.6 is 0 Å². The van der Waals surface area contributed by atoms with Gasteiger partial charge in [0, 0.05) is 12.2 Å². The largest absolute Gasteiger partial charge is 0.463 e. The van der Waals surface area contributed by atoms with Gasteiger partial charge in [-0.15, -0.1) is 10.1 Å². The number of hydrogen-bond donors (Lipinski definition) is 2. The van der Waals surface area contributed by atoms with E-state index in [1.54, 1.807) is 6.08 Å². The second-order valence-electron chi connectivity index (χ2n) is 5.87. The number of allylic oxidation sites excluding steroid dienone is 3. The average Bonchev–Trinajstić information content (AvgIpc) is 3.00. The lowest BCUT2D eigenvalue weighted by Gasteiger charge is -2.30. The van der Waals surface area contributed by atoms with Gasteiger partial charge in [0.05, 0.1) is 11.6 Å². The molecule has 1 atom stereocenters. The quantitative estimate of drug-likeness (QED) is 0.754. The molecule has 2 amide bonds. The summed E-state index contributed by atoms with van der Waals surface area (Å²) in [4.78, 5) is 25.3. The number of carbonyl (C=O) groups excluding carboxylic acids is 1. The molecule has 23 heavy (non-hydrogen) atoms. The highest BCUT2D eigenvalue weighted by Crippen LogP contribution is 2.35. The van der Waals surface area contributed by atoms with Gasteiger partial charge in [-0.1, -0.05) is 18.2 Å². The van der Waals surface area contributed by atoms with Crippen LogP contribution in [0.15, 0.2) is 52.3 Å². The maximum absolute atomic E-state index is 12.1. The number of carboxylic acid groups (broad SMARTS) is 1. The fourth-order valence-corrected chi connectivity index (χ4v) is 2.99. The van der Waals surface area contributed by atoms with Gasteiger partial charge in [0.15, 0.2) is 5.84 Å². The summed E-state index contributed by atoms with van der Waals surface area (Å²) in [7, 11) is 0. The Morgan fingerprint density at radius 2 is 2.26 bits per heavy atom. The number of hydrazone groups is 1. The second kappa shape index (κ2) is 5.42. The molecule has 0 fully saturated rings. The molecule has 1 unspecified atom stereocenters. The molecule has 0 aromatic carbocycles. The Balaban J connectivity index is 1.98. The molecule has 7 nitrogen and oxygen atoms in total. The third-order valence-electron chi connectivity index (χ3n) is 4.10. The highest BCUT2D eigenvalue weighted by Gasteiger charge is 2.36. The Labute approximate surface area is 133 Å². The molecular weight excluding hydrogens is 296 g/mol. The Bertz CT molecular complexity index is 728. The topological polar surface area (TPSA) is 99.2 Å². The van der Waals surface area contributed by atoms with Gasteiger partial charge in [-0.3, -0.25) is 4.79 Å². The van der Waals surface area contributed by atoms with Crippen molar-refractivity contribution in [2.75, 3.05) is 0 Å². The first kappa shape index (κ1) is 15.1. The number of hydrogen-bond acceptors (Lipinski definition) is 5. The van der Waals surface area contributed by atoms with E-state index in [4.69, 9.17) is 10.8 Å². The summed E-state index contributed by atoms with van der Waals surface area (Å²) in [6.07, 6.45) is 9.18. The van der Waals surface area contributed by atoms with Crippen molar-refractivity contribution in [1.82, 2.24) is 9.91 Å². The normalized spacial score (nSPS) is 25.0. The van der Waals surface area contributed by atoms with Gasteiger partial charge in [0.25, 0.3) is 5.91 Å². The second-order valence-corrected chi connectivity index (χ2v) is 5.87. The van der Waals surface area contributed by atoms with Gasteiger partial charge in [0.2, 0.25) is 0 Å². The number of nitrogens with two attached hydrogens (primary N) is 1. The van der Waals surface area contributed by atoms with E-state index in [1.165, 1.54) is 0 Å². The molecule has 0 spiro atoms. The van der Waals surface area contributed by atoms with Crippen LogP contribution < -0.4 is 5.73 Å². The monoisotopic (exact) mass is 314 g/mol. The van der Waals surface area contributed by atoms with Gasteiger partial charge < -0.3 is 15.7 Å². The smallest absolute Gasteiger partial charge is 0.435 e. The van der Waals surface area contributed by atoms with Crippen molar-refractivity contribution in [2.24, 2.45) is 10.8 Å².